The molecule has 2 atom stereocenters. The Kier molecular flexibility index (Phi) is 8.54. The van der Waals surface area contributed by atoms with E-state index in [1.165, 1.54) is 10.5 Å². The minimum absolute atomic E-state index is 0.169. The molecule has 0 unspecified atom stereocenters. The first-order valence-corrected chi connectivity index (χ1v) is 12.4. The second-order valence-corrected chi connectivity index (χ2v) is 8.99. The van der Waals surface area contributed by atoms with Crippen molar-refractivity contribution in [3.63, 3.8) is 0 Å². The van der Waals surface area contributed by atoms with Crippen LogP contribution in [0.3, 0.4) is 0 Å². The lowest BCUT2D eigenvalue weighted by Gasteiger charge is -2.27. The molecule has 0 bridgehead atoms. The molecule has 3 N–H and O–H groups in total. The van der Waals surface area contributed by atoms with E-state index >= 15 is 0 Å². The smallest absolute Gasteiger partial charge is 0.255 e. The molecule has 1 saturated heterocycles. The standard InChI is InChI=1S/C27H32N4O5/c32-24-18-21(26(34)28-14-6-10-19-8-2-1-3-9-19)30-25(33)20-11-4-5-13-23(20)36-17-15-29-27(35)22-12-7-16-31(22)24/h1-5,8-9,11,13,21-22H,6-7,10,12,14-18H2,(H,28,34)(H,29,35)(H,30,33)/t21-,22-/m0/s1. The van der Waals surface area contributed by atoms with Crippen molar-refractivity contribution in [1.29, 1.82) is 0 Å². The molecule has 2 aromatic rings. The predicted molar refractivity (Wildman–Crippen MR) is 133 cm³/mol. The Morgan fingerprint density at radius 2 is 1.83 bits per heavy atom. The first kappa shape index (κ1) is 25.2. The molecule has 190 valence electrons. The largest absolute Gasteiger partial charge is 0.491 e. The Morgan fingerprint density at radius 3 is 2.67 bits per heavy atom. The van der Waals surface area contributed by atoms with E-state index in [-0.39, 0.29) is 37.0 Å². The van der Waals surface area contributed by atoms with Crippen LogP contribution in [-0.4, -0.2) is 66.9 Å². The molecule has 2 aromatic carbocycles. The fourth-order valence-electron chi connectivity index (χ4n) is 4.58. The average molecular weight is 493 g/mol. The fraction of sp³-hybridized carbons (Fsp3) is 0.407. The Balaban J connectivity index is 1.49. The molecular formula is C27H32N4O5. The molecule has 1 fully saturated rings. The molecule has 2 aliphatic rings. The highest BCUT2D eigenvalue weighted by atomic mass is 16.5. The molecule has 2 heterocycles. The van der Waals surface area contributed by atoms with Crippen molar-refractivity contribution in [2.45, 2.75) is 44.2 Å². The molecular weight excluding hydrogens is 460 g/mol. The molecule has 9 nitrogen and oxygen atoms in total. The van der Waals surface area contributed by atoms with Gasteiger partial charge in [-0.2, -0.15) is 0 Å². The first-order valence-electron chi connectivity index (χ1n) is 12.4. The third kappa shape index (κ3) is 6.41. The second kappa shape index (κ2) is 12.2. The highest BCUT2D eigenvalue weighted by Gasteiger charge is 2.36. The lowest BCUT2D eigenvalue weighted by Crippen LogP contribution is -2.52. The van der Waals surface area contributed by atoms with Crippen molar-refractivity contribution in [3.05, 3.63) is 65.7 Å². The molecule has 0 radical (unpaired) electrons. The average Bonchev–Trinajstić information content (AvgIpc) is 3.39. The SMILES string of the molecule is O=C1N[C@H](C(=O)NCCCc2ccccc2)CC(=O)N2CCC[C@H]2C(=O)NCCOc2ccccc21. The Labute approximate surface area is 210 Å². The van der Waals surface area contributed by atoms with E-state index in [0.29, 0.717) is 31.7 Å². The molecule has 0 saturated carbocycles. The van der Waals surface area contributed by atoms with E-state index in [1.54, 1.807) is 24.3 Å². The van der Waals surface area contributed by atoms with Crippen LogP contribution in [0.25, 0.3) is 0 Å². The lowest BCUT2D eigenvalue weighted by atomic mass is 10.1. The maximum atomic E-state index is 13.2. The van der Waals surface area contributed by atoms with Crippen LogP contribution in [0.2, 0.25) is 0 Å². The third-order valence-electron chi connectivity index (χ3n) is 6.45. The van der Waals surface area contributed by atoms with Crippen LogP contribution >= 0.6 is 0 Å². The Hall–Kier alpha value is -3.88. The number of aryl methyl sites for hydroxylation is 1. The van der Waals surface area contributed by atoms with Crippen LogP contribution in [0.15, 0.2) is 54.6 Å². The maximum Gasteiger partial charge on any atom is 0.255 e. The van der Waals surface area contributed by atoms with E-state index in [4.69, 9.17) is 4.74 Å². The van der Waals surface area contributed by atoms with Gasteiger partial charge in [0.2, 0.25) is 17.7 Å². The zero-order valence-corrected chi connectivity index (χ0v) is 20.2. The number of carbonyl (C=O) groups is 4. The summed E-state index contributed by atoms with van der Waals surface area (Å²) in [4.78, 5) is 53.6. The molecule has 4 rings (SSSR count). The predicted octanol–water partition coefficient (Wildman–Crippen LogP) is 1.42. The molecule has 0 spiro atoms. The van der Waals surface area contributed by atoms with Gasteiger partial charge < -0.3 is 25.6 Å². The van der Waals surface area contributed by atoms with Gasteiger partial charge in [-0.3, -0.25) is 19.2 Å². The Bertz CT molecular complexity index is 1090. The minimum Gasteiger partial charge on any atom is -0.491 e. The van der Waals surface area contributed by atoms with Gasteiger partial charge in [-0.05, 0) is 43.4 Å². The van der Waals surface area contributed by atoms with E-state index in [2.05, 4.69) is 16.0 Å². The van der Waals surface area contributed by atoms with Crippen LogP contribution in [0.5, 0.6) is 5.75 Å². The van der Waals surface area contributed by atoms with Gasteiger partial charge in [0, 0.05) is 13.1 Å². The van der Waals surface area contributed by atoms with E-state index < -0.39 is 23.9 Å². The summed E-state index contributed by atoms with van der Waals surface area (Å²) in [6.45, 7) is 1.27. The van der Waals surface area contributed by atoms with Crippen LogP contribution in [0.4, 0.5) is 0 Å². The van der Waals surface area contributed by atoms with Crippen molar-refractivity contribution in [2.75, 3.05) is 26.2 Å². The van der Waals surface area contributed by atoms with Crippen molar-refractivity contribution in [3.8, 4) is 5.75 Å². The summed E-state index contributed by atoms with van der Waals surface area (Å²) < 4.78 is 5.74. The number of nitrogens with one attached hydrogen (secondary N) is 3. The van der Waals surface area contributed by atoms with Gasteiger partial charge in [0.05, 0.1) is 18.5 Å². The summed E-state index contributed by atoms with van der Waals surface area (Å²) >= 11 is 0. The summed E-state index contributed by atoms with van der Waals surface area (Å²) in [6, 6.07) is 15.0. The topological polar surface area (TPSA) is 117 Å². The number of benzene rings is 2. The van der Waals surface area contributed by atoms with Gasteiger partial charge in [0.15, 0.2) is 0 Å². The summed E-state index contributed by atoms with van der Waals surface area (Å²) in [5, 5.41) is 8.40. The van der Waals surface area contributed by atoms with Crippen molar-refractivity contribution in [1.82, 2.24) is 20.9 Å². The van der Waals surface area contributed by atoms with Gasteiger partial charge in [-0.15, -0.1) is 0 Å². The van der Waals surface area contributed by atoms with Crippen molar-refractivity contribution >= 4 is 23.6 Å². The van der Waals surface area contributed by atoms with Crippen LogP contribution in [0.1, 0.15) is 41.6 Å². The number of carbonyl (C=O) groups excluding carboxylic acids is 4. The number of rotatable bonds is 5. The summed E-state index contributed by atoms with van der Waals surface area (Å²) in [5.74, 6) is -1.16. The molecule has 0 aromatic heterocycles. The quantitative estimate of drug-likeness (QED) is 0.546. The monoisotopic (exact) mass is 492 g/mol. The van der Waals surface area contributed by atoms with Gasteiger partial charge in [0.1, 0.15) is 24.4 Å². The lowest BCUT2D eigenvalue weighted by molar-refractivity contribution is -0.140. The Morgan fingerprint density at radius 1 is 1.06 bits per heavy atom. The highest BCUT2D eigenvalue weighted by molar-refractivity contribution is 6.01. The van der Waals surface area contributed by atoms with E-state index in [1.807, 2.05) is 30.3 Å². The summed E-state index contributed by atoms with van der Waals surface area (Å²) in [5.41, 5.74) is 1.43. The van der Waals surface area contributed by atoms with Gasteiger partial charge in [-0.1, -0.05) is 42.5 Å². The maximum absolute atomic E-state index is 13.2. The number of hydrogen-bond donors (Lipinski definition) is 3. The number of para-hydroxylation sites is 1. The number of fused-ring (bicyclic) bond motifs is 2. The number of nitrogens with zero attached hydrogens (tertiary/aromatic N) is 1. The minimum atomic E-state index is -1.08. The van der Waals surface area contributed by atoms with Crippen LogP contribution < -0.4 is 20.7 Å². The van der Waals surface area contributed by atoms with Gasteiger partial charge in [0.25, 0.3) is 5.91 Å². The first-order chi connectivity index (χ1) is 17.5. The summed E-state index contributed by atoms with van der Waals surface area (Å²) in [7, 11) is 0. The number of hydrogen-bond acceptors (Lipinski definition) is 5. The molecule has 4 amide bonds. The number of amides is 4. The zero-order chi connectivity index (χ0) is 25.3. The third-order valence-corrected chi connectivity index (χ3v) is 6.45. The second-order valence-electron chi connectivity index (χ2n) is 8.99. The van der Waals surface area contributed by atoms with Crippen LogP contribution in [0, 0.1) is 0 Å². The van der Waals surface area contributed by atoms with Gasteiger partial charge >= 0.3 is 0 Å². The van der Waals surface area contributed by atoms with Crippen molar-refractivity contribution in [2.24, 2.45) is 0 Å². The van der Waals surface area contributed by atoms with Crippen LogP contribution in [-0.2, 0) is 20.8 Å². The van der Waals surface area contributed by atoms with Gasteiger partial charge in [-0.25, -0.2) is 0 Å². The van der Waals surface area contributed by atoms with Crippen molar-refractivity contribution < 1.29 is 23.9 Å². The molecule has 9 heteroatoms. The highest BCUT2D eigenvalue weighted by Crippen LogP contribution is 2.21. The van der Waals surface area contributed by atoms with E-state index in [0.717, 1.165) is 12.8 Å². The number of ether oxygens (including phenoxy) is 1. The fourth-order valence-corrected chi connectivity index (χ4v) is 4.58. The molecule has 36 heavy (non-hydrogen) atoms. The van der Waals surface area contributed by atoms with E-state index in [9.17, 15) is 19.2 Å². The molecule has 0 aliphatic carbocycles. The molecule has 2 aliphatic heterocycles. The normalized spacial score (nSPS) is 20.8. The summed E-state index contributed by atoms with van der Waals surface area (Å²) in [6.07, 6.45) is 2.54. The zero-order valence-electron chi connectivity index (χ0n) is 20.2.